The Morgan fingerprint density at radius 2 is 1.94 bits per heavy atom. The van der Waals surface area contributed by atoms with E-state index in [0.717, 1.165) is 34.9 Å². The first kappa shape index (κ1) is 11.5. The van der Waals surface area contributed by atoms with E-state index in [9.17, 15) is 5.11 Å². The van der Waals surface area contributed by atoms with Crippen molar-refractivity contribution in [3.63, 3.8) is 0 Å². The van der Waals surface area contributed by atoms with E-state index >= 15 is 0 Å². The Labute approximate surface area is 107 Å². The summed E-state index contributed by atoms with van der Waals surface area (Å²) in [7, 11) is 1.67. The summed E-state index contributed by atoms with van der Waals surface area (Å²) < 4.78 is 5.43. The molecule has 1 fully saturated rings. The van der Waals surface area contributed by atoms with E-state index < -0.39 is 6.10 Å². The summed E-state index contributed by atoms with van der Waals surface area (Å²) in [4.78, 5) is 0. The third-order valence-electron chi connectivity index (χ3n) is 4.04. The van der Waals surface area contributed by atoms with Gasteiger partial charge in [0.1, 0.15) is 5.75 Å². The molecular formula is C16H18O2. The molecule has 2 heteroatoms. The molecule has 0 aliphatic heterocycles. The number of ether oxygens (including phenoxy) is 1. The van der Waals surface area contributed by atoms with Crippen molar-refractivity contribution >= 4 is 10.8 Å². The minimum absolute atomic E-state index is 0.393. The third kappa shape index (κ3) is 1.77. The monoisotopic (exact) mass is 242 g/mol. The summed E-state index contributed by atoms with van der Waals surface area (Å²) >= 11 is 0. The quantitative estimate of drug-likeness (QED) is 0.889. The molecule has 0 radical (unpaired) electrons. The lowest BCUT2D eigenvalue weighted by Crippen LogP contribution is -2.20. The summed E-state index contributed by atoms with van der Waals surface area (Å²) in [6, 6.07) is 12.2. The predicted molar refractivity (Wildman–Crippen MR) is 72.8 cm³/mol. The van der Waals surface area contributed by atoms with Crippen molar-refractivity contribution in [3.05, 3.63) is 42.0 Å². The zero-order chi connectivity index (χ0) is 12.5. The molecule has 1 unspecified atom stereocenters. The van der Waals surface area contributed by atoms with Crippen LogP contribution in [0.4, 0.5) is 0 Å². The number of methoxy groups -OCH3 is 1. The Morgan fingerprint density at radius 1 is 1.17 bits per heavy atom. The molecule has 1 saturated carbocycles. The van der Waals surface area contributed by atoms with Gasteiger partial charge in [0.15, 0.2) is 0 Å². The van der Waals surface area contributed by atoms with E-state index in [-0.39, 0.29) is 0 Å². The zero-order valence-corrected chi connectivity index (χ0v) is 10.6. The van der Waals surface area contributed by atoms with Crippen LogP contribution < -0.4 is 4.74 Å². The van der Waals surface area contributed by atoms with Gasteiger partial charge in [-0.05, 0) is 35.6 Å². The highest BCUT2D eigenvalue weighted by atomic mass is 16.5. The fraction of sp³-hybridized carbons (Fsp3) is 0.375. The number of fused-ring (bicyclic) bond motifs is 1. The molecule has 1 aliphatic carbocycles. The molecule has 1 aliphatic rings. The fourth-order valence-corrected chi connectivity index (χ4v) is 2.75. The maximum absolute atomic E-state index is 10.6. The molecule has 2 aromatic rings. The molecular weight excluding hydrogens is 224 g/mol. The van der Waals surface area contributed by atoms with Crippen LogP contribution in [0, 0.1) is 5.92 Å². The van der Waals surface area contributed by atoms with Crippen molar-refractivity contribution < 1.29 is 9.84 Å². The zero-order valence-electron chi connectivity index (χ0n) is 10.6. The molecule has 1 atom stereocenters. The van der Waals surface area contributed by atoms with E-state index in [1.54, 1.807) is 7.11 Å². The van der Waals surface area contributed by atoms with Crippen LogP contribution in [0.1, 0.15) is 30.9 Å². The highest BCUT2D eigenvalue weighted by Crippen LogP contribution is 2.43. The van der Waals surface area contributed by atoms with Gasteiger partial charge in [-0.2, -0.15) is 0 Å². The van der Waals surface area contributed by atoms with E-state index in [1.807, 2.05) is 24.3 Å². The number of hydrogen-bond acceptors (Lipinski definition) is 2. The van der Waals surface area contributed by atoms with Gasteiger partial charge < -0.3 is 9.84 Å². The van der Waals surface area contributed by atoms with Crippen molar-refractivity contribution in [1.29, 1.82) is 0 Å². The Kier molecular flexibility index (Phi) is 2.96. The van der Waals surface area contributed by atoms with Crippen molar-refractivity contribution in [2.75, 3.05) is 7.11 Å². The number of benzene rings is 2. The van der Waals surface area contributed by atoms with Gasteiger partial charge >= 0.3 is 0 Å². The molecule has 0 amide bonds. The summed E-state index contributed by atoms with van der Waals surface area (Å²) in [6.07, 6.45) is 3.07. The van der Waals surface area contributed by atoms with Crippen LogP contribution in [0.5, 0.6) is 5.75 Å². The van der Waals surface area contributed by atoms with Gasteiger partial charge in [0.25, 0.3) is 0 Å². The van der Waals surface area contributed by atoms with Crippen LogP contribution in [-0.4, -0.2) is 12.2 Å². The average molecular weight is 242 g/mol. The first-order valence-corrected chi connectivity index (χ1v) is 6.55. The van der Waals surface area contributed by atoms with Gasteiger partial charge in [0.2, 0.25) is 0 Å². The maximum Gasteiger partial charge on any atom is 0.125 e. The third-order valence-corrected chi connectivity index (χ3v) is 4.04. The van der Waals surface area contributed by atoms with Crippen molar-refractivity contribution in [2.45, 2.75) is 25.4 Å². The molecule has 0 saturated heterocycles. The lowest BCUT2D eigenvalue weighted by molar-refractivity contribution is 0.0613. The number of aliphatic hydroxyl groups is 1. The van der Waals surface area contributed by atoms with Gasteiger partial charge in [0, 0.05) is 5.56 Å². The van der Waals surface area contributed by atoms with Crippen LogP contribution in [0.15, 0.2) is 36.4 Å². The molecule has 94 valence electrons. The Balaban J connectivity index is 2.16. The number of hydrogen-bond donors (Lipinski definition) is 1. The maximum atomic E-state index is 10.6. The smallest absolute Gasteiger partial charge is 0.125 e. The van der Waals surface area contributed by atoms with Gasteiger partial charge in [-0.1, -0.05) is 36.8 Å². The molecule has 0 heterocycles. The highest BCUT2D eigenvalue weighted by Gasteiger charge is 2.29. The lowest BCUT2D eigenvalue weighted by Gasteiger charge is -2.31. The average Bonchev–Trinajstić information content (AvgIpc) is 2.35. The summed E-state index contributed by atoms with van der Waals surface area (Å²) in [5.41, 5.74) is 0.959. The van der Waals surface area contributed by atoms with Crippen molar-refractivity contribution in [3.8, 4) is 5.75 Å². The van der Waals surface area contributed by atoms with Crippen LogP contribution in [0.3, 0.4) is 0 Å². The molecule has 18 heavy (non-hydrogen) atoms. The second-order valence-electron chi connectivity index (χ2n) is 5.04. The van der Waals surface area contributed by atoms with Gasteiger partial charge in [0.05, 0.1) is 13.2 Å². The van der Waals surface area contributed by atoms with E-state index in [2.05, 4.69) is 12.1 Å². The van der Waals surface area contributed by atoms with Crippen LogP contribution in [0.2, 0.25) is 0 Å². The number of aliphatic hydroxyl groups excluding tert-OH is 1. The standard InChI is InChI=1S/C16H18O2/c1-18-14-10-9-11-5-2-3-8-13(11)15(14)16(17)12-6-4-7-12/h2-3,5,8-10,12,16-17H,4,6-7H2,1H3. The second kappa shape index (κ2) is 4.62. The molecule has 0 spiro atoms. The normalized spacial score (nSPS) is 17.4. The topological polar surface area (TPSA) is 29.5 Å². The van der Waals surface area contributed by atoms with Crippen molar-refractivity contribution in [1.82, 2.24) is 0 Å². The second-order valence-corrected chi connectivity index (χ2v) is 5.04. The summed E-state index contributed by atoms with van der Waals surface area (Å²) in [5, 5.41) is 12.8. The van der Waals surface area contributed by atoms with E-state index in [0.29, 0.717) is 5.92 Å². The highest BCUT2D eigenvalue weighted by molar-refractivity contribution is 5.88. The summed E-state index contributed by atoms with van der Waals surface area (Å²) in [5.74, 6) is 1.19. The van der Waals surface area contributed by atoms with E-state index in [4.69, 9.17) is 4.74 Å². The van der Waals surface area contributed by atoms with Crippen molar-refractivity contribution in [2.24, 2.45) is 5.92 Å². The van der Waals surface area contributed by atoms with Crippen LogP contribution in [-0.2, 0) is 0 Å². The molecule has 2 aromatic carbocycles. The minimum Gasteiger partial charge on any atom is -0.496 e. The summed E-state index contributed by atoms with van der Waals surface area (Å²) in [6.45, 7) is 0. The minimum atomic E-state index is -0.403. The Hall–Kier alpha value is -1.54. The fourth-order valence-electron chi connectivity index (χ4n) is 2.75. The first-order chi connectivity index (χ1) is 8.81. The van der Waals surface area contributed by atoms with Gasteiger partial charge in [-0.3, -0.25) is 0 Å². The molecule has 0 bridgehead atoms. The predicted octanol–water partition coefficient (Wildman–Crippen LogP) is 3.68. The van der Waals surface area contributed by atoms with Crippen LogP contribution in [0.25, 0.3) is 10.8 Å². The van der Waals surface area contributed by atoms with E-state index in [1.165, 1.54) is 6.42 Å². The Bertz CT molecular complexity index is 558. The SMILES string of the molecule is COc1ccc2ccccc2c1C(O)C1CCC1. The molecule has 1 N–H and O–H groups in total. The largest absolute Gasteiger partial charge is 0.496 e. The van der Waals surface area contributed by atoms with Crippen LogP contribution >= 0.6 is 0 Å². The first-order valence-electron chi connectivity index (χ1n) is 6.55. The molecule has 2 nitrogen and oxygen atoms in total. The van der Waals surface area contributed by atoms with Gasteiger partial charge in [-0.15, -0.1) is 0 Å². The Morgan fingerprint density at radius 3 is 2.61 bits per heavy atom. The molecule has 3 rings (SSSR count). The lowest BCUT2D eigenvalue weighted by atomic mass is 9.77. The molecule has 0 aromatic heterocycles. The van der Waals surface area contributed by atoms with Gasteiger partial charge in [-0.25, -0.2) is 0 Å². The number of rotatable bonds is 3.